The highest BCUT2D eigenvalue weighted by Crippen LogP contribution is 2.46. The number of nitrogens with zero attached hydrogens (tertiary/aromatic N) is 1. The number of benzene rings is 2. The zero-order valence-corrected chi connectivity index (χ0v) is 16.3. The number of fused-ring (bicyclic) bond motifs is 1. The monoisotopic (exact) mass is 402 g/mol. The van der Waals surface area contributed by atoms with Gasteiger partial charge in [-0.25, -0.2) is 0 Å². The molecule has 6 heteroatoms. The zero-order valence-electron chi connectivity index (χ0n) is 14.8. The molecule has 2 aromatic carbocycles. The van der Waals surface area contributed by atoms with Gasteiger partial charge in [-0.1, -0.05) is 60.3 Å². The molecule has 140 valence electrons. The third-order valence-corrected chi connectivity index (χ3v) is 6.14. The van der Waals surface area contributed by atoms with Crippen molar-refractivity contribution < 1.29 is 9.59 Å². The van der Waals surface area contributed by atoms with E-state index in [1.165, 1.54) is 0 Å². The van der Waals surface area contributed by atoms with Crippen LogP contribution < -0.4 is 5.32 Å². The van der Waals surface area contributed by atoms with Gasteiger partial charge in [0.1, 0.15) is 6.54 Å². The topological polar surface area (TPSA) is 49.4 Å². The molecule has 2 amide bonds. The van der Waals surface area contributed by atoms with Crippen LogP contribution >= 0.6 is 23.2 Å². The van der Waals surface area contributed by atoms with E-state index in [0.717, 1.165) is 42.5 Å². The molecule has 27 heavy (non-hydrogen) atoms. The predicted octanol–water partition coefficient (Wildman–Crippen LogP) is 4.79. The van der Waals surface area contributed by atoms with Gasteiger partial charge in [-0.3, -0.25) is 9.59 Å². The predicted molar refractivity (Wildman–Crippen MR) is 107 cm³/mol. The smallest absolute Gasteiger partial charge is 0.244 e. The molecule has 2 aromatic rings. The van der Waals surface area contributed by atoms with Crippen LogP contribution in [0.25, 0.3) is 0 Å². The van der Waals surface area contributed by atoms with E-state index in [1.807, 2.05) is 30.3 Å². The lowest BCUT2D eigenvalue weighted by molar-refractivity contribution is -0.140. The van der Waals surface area contributed by atoms with Crippen LogP contribution in [0.1, 0.15) is 36.8 Å². The van der Waals surface area contributed by atoms with E-state index in [2.05, 4.69) is 5.32 Å². The van der Waals surface area contributed by atoms with Crippen molar-refractivity contribution in [3.8, 4) is 0 Å². The number of carbonyl (C=O) groups is 2. The minimum atomic E-state index is -0.693. The third-order valence-electron chi connectivity index (χ3n) is 5.59. The molecule has 0 unspecified atom stereocenters. The second-order valence-electron chi connectivity index (χ2n) is 7.28. The van der Waals surface area contributed by atoms with Crippen LogP contribution in [0.5, 0.6) is 0 Å². The Morgan fingerprint density at radius 1 is 1.04 bits per heavy atom. The van der Waals surface area contributed by atoms with E-state index < -0.39 is 5.41 Å². The van der Waals surface area contributed by atoms with Gasteiger partial charge in [0.15, 0.2) is 0 Å². The van der Waals surface area contributed by atoms with E-state index in [9.17, 15) is 9.59 Å². The van der Waals surface area contributed by atoms with Crippen LogP contribution in [0.4, 0.5) is 5.69 Å². The Balaban J connectivity index is 1.73. The highest BCUT2D eigenvalue weighted by molar-refractivity contribution is 6.35. The first-order valence-electron chi connectivity index (χ1n) is 9.12. The summed E-state index contributed by atoms with van der Waals surface area (Å²) in [6, 6.07) is 12.9. The lowest BCUT2D eigenvalue weighted by atomic mass is 9.77. The Bertz CT molecular complexity index is 907. The highest BCUT2D eigenvalue weighted by atomic mass is 35.5. The first-order valence-corrected chi connectivity index (χ1v) is 9.88. The van der Waals surface area contributed by atoms with Gasteiger partial charge in [-0.2, -0.15) is 0 Å². The van der Waals surface area contributed by atoms with E-state index in [-0.39, 0.29) is 18.4 Å². The summed E-state index contributed by atoms with van der Waals surface area (Å²) in [6.45, 7) is 0.446. The molecular weight excluding hydrogens is 383 g/mol. The molecule has 1 N–H and O–H groups in total. The summed E-state index contributed by atoms with van der Waals surface area (Å²) in [4.78, 5) is 27.8. The molecule has 0 atom stereocenters. The fourth-order valence-corrected chi connectivity index (χ4v) is 4.89. The fraction of sp³-hybridized carbons (Fsp3) is 0.333. The fourth-order valence-electron chi connectivity index (χ4n) is 4.31. The van der Waals surface area contributed by atoms with Crippen molar-refractivity contribution in [3.63, 3.8) is 0 Å². The molecule has 1 fully saturated rings. The number of amides is 2. The van der Waals surface area contributed by atoms with Crippen LogP contribution in [-0.2, 0) is 21.5 Å². The normalized spacial score (nSPS) is 18.6. The molecule has 4 nitrogen and oxygen atoms in total. The number of hydrogen-bond acceptors (Lipinski definition) is 2. The summed E-state index contributed by atoms with van der Waals surface area (Å²) in [5, 5.41) is 3.95. The van der Waals surface area contributed by atoms with Crippen LogP contribution in [0.2, 0.25) is 10.0 Å². The van der Waals surface area contributed by atoms with Gasteiger partial charge >= 0.3 is 0 Å². The van der Waals surface area contributed by atoms with E-state index in [0.29, 0.717) is 16.6 Å². The number of carbonyl (C=O) groups excluding carboxylic acids is 2. The van der Waals surface area contributed by atoms with Crippen molar-refractivity contribution in [2.24, 2.45) is 0 Å². The van der Waals surface area contributed by atoms with Gasteiger partial charge in [0.05, 0.1) is 5.41 Å². The molecular formula is C21H20Cl2N2O2. The Morgan fingerprint density at radius 3 is 2.52 bits per heavy atom. The van der Waals surface area contributed by atoms with Crippen LogP contribution in [0.3, 0.4) is 0 Å². The minimum Gasteiger partial charge on any atom is -0.328 e. The van der Waals surface area contributed by atoms with Crippen LogP contribution in [0.15, 0.2) is 42.5 Å². The van der Waals surface area contributed by atoms with E-state index in [1.54, 1.807) is 17.0 Å². The van der Waals surface area contributed by atoms with Gasteiger partial charge in [-0.05, 0) is 42.2 Å². The summed E-state index contributed by atoms with van der Waals surface area (Å²) in [6.07, 6.45) is 3.38. The zero-order chi connectivity index (χ0) is 19.0. The van der Waals surface area contributed by atoms with E-state index >= 15 is 0 Å². The van der Waals surface area contributed by atoms with Crippen molar-refractivity contribution in [1.82, 2.24) is 4.90 Å². The van der Waals surface area contributed by atoms with Gasteiger partial charge in [0.25, 0.3) is 0 Å². The highest BCUT2D eigenvalue weighted by Gasteiger charge is 2.46. The molecule has 0 radical (unpaired) electrons. The van der Waals surface area contributed by atoms with Crippen molar-refractivity contribution in [2.75, 3.05) is 11.9 Å². The Kier molecular flexibility index (Phi) is 4.87. The molecule has 0 spiro atoms. The largest absolute Gasteiger partial charge is 0.328 e. The first kappa shape index (κ1) is 18.3. The second kappa shape index (κ2) is 7.17. The molecule has 1 saturated carbocycles. The summed E-state index contributed by atoms with van der Waals surface area (Å²) in [7, 11) is 0. The summed E-state index contributed by atoms with van der Waals surface area (Å²) >= 11 is 12.6. The average molecular weight is 403 g/mol. The van der Waals surface area contributed by atoms with Gasteiger partial charge in [0.2, 0.25) is 11.8 Å². The molecule has 1 heterocycles. The number of halogens is 2. The van der Waals surface area contributed by atoms with Gasteiger partial charge in [-0.15, -0.1) is 0 Å². The van der Waals surface area contributed by atoms with Gasteiger partial charge < -0.3 is 10.2 Å². The van der Waals surface area contributed by atoms with Crippen molar-refractivity contribution in [1.29, 1.82) is 0 Å². The minimum absolute atomic E-state index is 0.0314. The second-order valence-corrected chi connectivity index (χ2v) is 8.12. The summed E-state index contributed by atoms with van der Waals surface area (Å²) in [5.41, 5.74) is 1.82. The number of hydrogen-bond donors (Lipinski definition) is 1. The first-order chi connectivity index (χ1) is 13.0. The molecule has 4 rings (SSSR count). The van der Waals surface area contributed by atoms with Crippen LogP contribution in [-0.4, -0.2) is 23.3 Å². The average Bonchev–Trinajstić information content (AvgIpc) is 3.05. The quantitative estimate of drug-likeness (QED) is 0.784. The lowest BCUT2D eigenvalue weighted by Crippen LogP contribution is -2.47. The summed E-state index contributed by atoms with van der Waals surface area (Å²) < 4.78 is 0. The van der Waals surface area contributed by atoms with Gasteiger partial charge in [0, 0.05) is 22.3 Å². The van der Waals surface area contributed by atoms with Crippen molar-refractivity contribution in [2.45, 2.75) is 37.6 Å². The lowest BCUT2D eigenvalue weighted by Gasteiger charge is -2.34. The maximum Gasteiger partial charge on any atom is 0.244 e. The maximum absolute atomic E-state index is 13.7. The summed E-state index contributed by atoms with van der Waals surface area (Å²) in [5.74, 6) is -0.209. The maximum atomic E-state index is 13.7. The molecule has 2 aliphatic rings. The number of anilines is 1. The van der Waals surface area contributed by atoms with Crippen LogP contribution in [0, 0.1) is 0 Å². The number of nitrogens with one attached hydrogen (secondary N) is 1. The number of rotatable bonds is 2. The standard InChI is InChI=1S/C21H20Cl2N2O2/c22-15-7-8-16(17(23)11-15)21(9-3-4-10-21)20(27)25-12-14-5-1-2-6-18(14)24-19(26)13-25/h1-2,5-8,11H,3-4,9-10,12-13H2,(H,24,26). The van der Waals surface area contributed by atoms with Crippen molar-refractivity contribution >= 4 is 40.7 Å². The van der Waals surface area contributed by atoms with E-state index in [4.69, 9.17) is 23.2 Å². The molecule has 0 aromatic heterocycles. The third kappa shape index (κ3) is 3.32. The van der Waals surface area contributed by atoms with Crippen molar-refractivity contribution in [3.05, 3.63) is 63.6 Å². The SMILES string of the molecule is O=C1CN(C(=O)C2(c3ccc(Cl)cc3Cl)CCCC2)Cc2ccccc2N1. The molecule has 1 aliphatic carbocycles. The molecule has 0 bridgehead atoms. The molecule has 0 saturated heterocycles. The Hall–Kier alpha value is -2.04. The molecule has 1 aliphatic heterocycles. The number of para-hydroxylation sites is 1. The Morgan fingerprint density at radius 2 is 1.78 bits per heavy atom. The Labute approximate surface area is 168 Å².